The monoisotopic (exact) mass is 1230 g/mol. The van der Waals surface area contributed by atoms with Crippen molar-refractivity contribution in [3.63, 3.8) is 0 Å². The Bertz CT molecular complexity index is 3390. The van der Waals surface area contributed by atoms with Gasteiger partial charge in [0.05, 0.1) is 46.1 Å². The molecule has 6 aromatic carbocycles. The molecule has 0 aliphatic heterocycles. The summed E-state index contributed by atoms with van der Waals surface area (Å²) in [5.41, 5.74) is 10.9. The van der Waals surface area contributed by atoms with E-state index >= 15 is 0 Å². The average Bonchev–Trinajstić information content (AvgIpc) is 2.55. The number of nitrogens with zero attached hydrogens (tertiary/aromatic N) is 2. The van der Waals surface area contributed by atoms with Crippen LogP contribution in [0.5, 0.6) is 11.5 Å². The normalized spacial score (nSPS) is 12.8. The molecule has 4 unspecified atom stereocenters. The van der Waals surface area contributed by atoms with Crippen LogP contribution in [0.1, 0.15) is 172 Å². The van der Waals surface area contributed by atoms with Gasteiger partial charge in [-0.25, -0.2) is 9.97 Å². The van der Waals surface area contributed by atoms with E-state index in [1.807, 2.05) is 48.5 Å². The minimum absolute atomic E-state index is 0. The van der Waals surface area contributed by atoms with Crippen LogP contribution in [0.25, 0.3) is 42.9 Å². The number of imidazole rings is 2. The number of nitrogens with one attached hydrogen (secondary N) is 4. The van der Waals surface area contributed by atoms with Gasteiger partial charge in [0.15, 0.2) is 0 Å². The molecule has 0 bridgehead atoms. The fourth-order valence-electron chi connectivity index (χ4n) is 11.4. The van der Waals surface area contributed by atoms with E-state index < -0.39 is 11.9 Å². The molecule has 448 valence electrons. The molecule has 4 atom stereocenters. The van der Waals surface area contributed by atoms with Crippen molar-refractivity contribution >= 4 is 94.4 Å². The number of fused-ring (bicyclic) bond motifs is 2. The molecule has 10 aromatic rings. The Hall–Kier alpha value is -6.62. The number of hydrogen-bond donors (Lipinski definition) is 4. The van der Waals surface area contributed by atoms with E-state index in [1.54, 1.807) is 22.7 Å². The second-order valence-electron chi connectivity index (χ2n) is 22.4. The molecule has 0 saturated heterocycles. The number of hydrogen-bond acceptors (Lipinski definition) is 12. The third-order valence-electron chi connectivity index (χ3n) is 16.0. The number of thiophene rings is 2. The molecule has 87 heavy (non-hydrogen) atoms. The fourth-order valence-corrected chi connectivity index (χ4v) is 13.8. The predicted molar refractivity (Wildman–Crippen MR) is 352 cm³/mol. The SMILES string of the molecule is CCCC(CCC)c1ccc(OCc2ccc(-c3ccc(C(NCC(=O)[O-])C(C)c4nc5ccccc5[nH]4)s3)cc2)cc1.CCCC(CCC)c1ccc(OCc2ccc(-c3ccc(C(NCC(=O)[O-])C(C)c4nc5ccccc5[nH]4)s3)cc2)cc1.[Ca+2]. The summed E-state index contributed by atoms with van der Waals surface area (Å²) in [6.45, 7) is 13.7. The van der Waals surface area contributed by atoms with Gasteiger partial charge < -0.3 is 49.9 Å². The molecule has 0 spiro atoms. The molecular weight excluding hydrogens is 1150 g/mol. The number of rotatable bonds is 30. The van der Waals surface area contributed by atoms with Crippen molar-refractivity contribution in [2.45, 2.75) is 142 Å². The van der Waals surface area contributed by atoms with Gasteiger partial charge in [-0.05, 0) is 144 Å². The number of carboxylic acids is 2. The Kier molecular flexibility index (Phi) is 25.2. The molecule has 0 aliphatic rings. The van der Waals surface area contributed by atoms with E-state index in [0.717, 1.165) is 87.0 Å². The van der Waals surface area contributed by atoms with Crippen molar-refractivity contribution in [3.8, 4) is 32.4 Å². The molecular formula is C72H80CaN6O6S2. The molecule has 10 rings (SSSR count). The van der Waals surface area contributed by atoms with Crippen molar-refractivity contribution in [3.05, 3.63) is 214 Å². The van der Waals surface area contributed by atoms with Crippen molar-refractivity contribution in [1.29, 1.82) is 0 Å². The predicted octanol–water partition coefficient (Wildman–Crippen LogP) is 15.1. The third-order valence-corrected chi connectivity index (χ3v) is 18.5. The minimum Gasteiger partial charge on any atom is -0.549 e. The van der Waals surface area contributed by atoms with Crippen LogP contribution in [0, 0.1) is 0 Å². The smallest absolute Gasteiger partial charge is 0.549 e. The summed E-state index contributed by atoms with van der Waals surface area (Å²) in [5.74, 6) is 2.21. The second-order valence-corrected chi connectivity index (χ2v) is 24.6. The molecule has 15 heteroatoms. The summed E-state index contributed by atoms with van der Waals surface area (Å²) in [6.07, 6.45) is 9.71. The van der Waals surface area contributed by atoms with Crippen molar-refractivity contribution < 1.29 is 29.3 Å². The van der Waals surface area contributed by atoms with E-state index in [9.17, 15) is 19.8 Å². The Balaban J connectivity index is 0.000000223. The Morgan fingerprint density at radius 2 is 0.839 bits per heavy atom. The summed E-state index contributed by atoms with van der Waals surface area (Å²) >= 11 is 3.31. The van der Waals surface area contributed by atoms with Crippen LogP contribution in [0.2, 0.25) is 0 Å². The average molecular weight is 1230 g/mol. The molecule has 4 N–H and O–H groups in total. The summed E-state index contributed by atoms with van der Waals surface area (Å²) in [5, 5.41) is 29.0. The number of aliphatic carboxylic acids is 2. The molecule has 0 fully saturated rings. The first-order valence-electron chi connectivity index (χ1n) is 30.5. The van der Waals surface area contributed by atoms with E-state index in [4.69, 9.17) is 19.4 Å². The quantitative estimate of drug-likeness (QED) is 0.0317. The standard InChI is InChI=1S/2C36H41N3O3S.Ca/c2*1-4-8-26(9-5-2)27-16-18-29(19-17-27)42-23-25-12-14-28(15-13-25)32-20-21-33(43-32)35(37-22-34(40)41)24(3)36-38-30-10-6-7-11-31(30)39-36;/h2*6-7,10-21,24,26,35,37H,4-5,8-9,22-23H2,1-3H3,(H,38,39)(H,40,41);/q;;+2/p-2. The van der Waals surface area contributed by atoms with Crippen molar-refractivity contribution in [2.75, 3.05) is 13.1 Å². The number of benzene rings is 6. The first-order valence-corrected chi connectivity index (χ1v) is 32.1. The van der Waals surface area contributed by atoms with Crippen LogP contribution in [-0.4, -0.2) is 82.7 Å². The Morgan fingerprint density at radius 1 is 0.483 bits per heavy atom. The van der Waals surface area contributed by atoms with E-state index in [-0.39, 0.29) is 74.7 Å². The maximum absolute atomic E-state index is 11.3. The zero-order valence-corrected chi connectivity index (χ0v) is 54.8. The maximum atomic E-state index is 11.3. The van der Waals surface area contributed by atoms with Crippen LogP contribution < -0.4 is 30.3 Å². The first-order chi connectivity index (χ1) is 41.9. The molecule has 4 aromatic heterocycles. The zero-order valence-electron chi connectivity index (χ0n) is 51.0. The van der Waals surface area contributed by atoms with Crippen LogP contribution in [-0.2, 0) is 22.8 Å². The number of carboxylic acid groups (broad SMARTS) is 2. The van der Waals surface area contributed by atoms with E-state index in [2.05, 4.69) is 183 Å². The largest absolute Gasteiger partial charge is 2.00 e. The molecule has 4 heterocycles. The summed E-state index contributed by atoms with van der Waals surface area (Å²) in [4.78, 5) is 43.3. The van der Waals surface area contributed by atoms with Crippen molar-refractivity contribution in [2.24, 2.45) is 0 Å². The van der Waals surface area contributed by atoms with E-state index in [0.29, 0.717) is 25.0 Å². The molecule has 12 nitrogen and oxygen atoms in total. The number of carbonyl (C=O) groups is 2. The van der Waals surface area contributed by atoms with Gasteiger partial charge in [-0.1, -0.05) is 164 Å². The number of ether oxygens (including phenoxy) is 2. The number of carbonyl (C=O) groups excluding carboxylic acids is 2. The van der Waals surface area contributed by atoms with Crippen LogP contribution in [0.3, 0.4) is 0 Å². The summed E-state index contributed by atoms with van der Waals surface area (Å²) < 4.78 is 12.2. The van der Waals surface area contributed by atoms with Crippen LogP contribution in [0.4, 0.5) is 0 Å². The van der Waals surface area contributed by atoms with Gasteiger partial charge in [0.1, 0.15) is 36.4 Å². The zero-order chi connectivity index (χ0) is 60.4. The van der Waals surface area contributed by atoms with Gasteiger partial charge in [0.2, 0.25) is 0 Å². The van der Waals surface area contributed by atoms with Crippen LogP contribution in [0.15, 0.2) is 170 Å². The van der Waals surface area contributed by atoms with Gasteiger partial charge in [-0.2, -0.15) is 0 Å². The van der Waals surface area contributed by atoms with E-state index in [1.165, 1.54) is 62.5 Å². The summed E-state index contributed by atoms with van der Waals surface area (Å²) in [6, 6.07) is 57.7. The van der Waals surface area contributed by atoms with Gasteiger partial charge >= 0.3 is 37.7 Å². The fraction of sp³-hybridized carbons (Fsp3) is 0.333. The number of H-pyrrole nitrogens is 2. The Morgan fingerprint density at radius 3 is 1.17 bits per heavy atom. The number of para-hydroxylation sites is 4. The molecule has 0 aliphatic carbocycles. The number of aromatic nitrogens is 4. The minimum atomic E-state index is -1.13. The summed E-state index contributed by atoms with van der Waals surface area (Å²) in [7, 11) is 0. The first kappa shape index (κ1) is 66.3. The van der Waals surface area contributed by atoms with Gasteiger partial charge in [0, 0.05) is 44.4 Å². The van der Waals surface area contributed by atoms with Gasteiger partial charge in [-0.15, -0.1) is 22.7 Å². The molecule has 0 amide bonds. The maximum Gasteiger partial charge on any atom is 2.00 e. The topological polar surface area (TPSA) is 180 Å². The van der Waals surface area contributed by atoms with Crippen LogP contribution >= 0.6 is 22.7 Å². The van der Waals surface area contributed by atoms with Crippen molar-refractivity contribution in [1.82, 2.24) is 30.6 Å². The second kappa shape index (κ2) is 33.1. The Labute approximate surface area is 550 Å². The number of aromatic amines is 2. The van der Waals surface area contributed by atoms with Gasteiger partial charge in [-0.3, -0.25) is 0 Å². The molecule has 0 saturated carbocycles. The van der Waals surface area contributed by atoms with Gasteiger partial charge in [0.25, 0.3) is 0 Å². The third kappa shape index (κ3) is 18.3. The molecule has 0 radical (unpaired) electrons.